The van der Waals surface area contributed by atoms with Gasteiger partial charge in [-0.15, -0.1) is 0 Å². The molecule has 0 aliphatic carbocycles. The Kier molecular flexibility index (Phi) is 5.16. The molecular formula is C14H20O3. The number of hydrogen-bond donors (Lipinski definition) is 1. The molecular weight excluding hydrogens is 216 g/mol. The molecule has 3 heteroatoms. The van der Waals surface area contributed by atoms with Crippen LogP contribution in [0.3, 0.4) is 0 Å². The molecule has 0 radical (unpaired) electrons. The average Bonchev–Trinajstić information content (AvgIpc) is 2.34. The lowest BCUT2D eigenvalue weighted by atomic mass is 9.97. The summed E-state index contributed by atoms with van der Waals surface area (Å²) < 4.78 is 5.51. The van der Waals surface area contributed by atoms with Gasteiger partial charge in [0.2, 0.25) is 0 Å². The quantitative estimate of drug-likeness (QED) is 0.772. The normalized spacial score (nSPS) is 12.5. The highest BCUT2D eigenvalue weighted by Gasteiger charge is 2.23. The van der Waals surface area contributed by atoms with E-state index < -0.39 is 6.10 Å². The van der Waals surface area contributed by atoms with Crippen LogP contribution in [-0.2, 0) is 0 Å². The summed E-state index contributed by atoms with van der Waals surface area (Å²) in [5, 5.41) is 9.79. The number of para-hydroxylation sites is 1. The van der Waals surface area contributed by atoms with Crippen LogP contribution in [0.2, 0.25) is 0 Å². The van der Waals surface area contributed by atoms with Crippen LogP contribution in [0, 0.1) is 5.92 Å². The Bertz CT molecular complexity index is 371. The van der Waals surface area contributed by atoms with Gasteiger partial charge in [0.1, 0.15) is 11.9 Å². The highest BCUT2D eigenvalue weighted by Crippen LogP contribution is 2.21. The van der Waals surface area contributed by atoms with Crippen molar-refractivity contribution in [2.75, 3.05) is 6.61 Å². The summed E-state index contributed by atoms with van der Waals surface area (Å²) in [6, 6.07) is 7.05. The maximum atomic E-state index is 12.0. The fraction of sp³-hybridized carbons (Fsp3) is 0.500. The second-order valence-electron chi connectivity index (χ2n) is 4.40. The highest BCUT2D eigenvalue weighted by atomic mass is 16.5. The van der Waals surface area contributed by atoms with E-state index in [1.165, 1.54) is 0 Å². The second kappa shape index (κ2) is 6.40. The standard InChI is InChI=1S/C14H20O3/c1-4-9-17-12-8-6-5-7-11(12)14(16)13(15)10(2)3/h5-8,10,13,15H,4,9H2,1-3H3. The molecule has 1 N–H and O–H groups in total. The number of Topliss-reactive ketones (excluding diaryl/α,β-unsaturated/α-hetero) is 1. The molecule has 0 aliphatic heterocycles. The fourth-order valence-corrected chi connectivity index (χ4v) is 1.47. The van der Waals surface area contributed by atoms with Crippen LogP contribution in [0.4, 0.5) is 0 Å². The van der Waals surface area contributed by atoms with Crippen LogP contribution in [0.5, 0.6) is 5.75 Å². The van der Waals surface area contributed by atoms with E-state index in [2.05, 4.69) is 0 Å². The molecule has 0 aromatic heterocycles. The Balaban J connectivity index is 2.92. The van der Waals surface area contributed by atoms with E-state index in [9.17, 15) is 9.90 Å². The van der Waals surface area contributed by atoms with Crippen LogP contribution in [0.1, 0.15) is 37.6 Å². The SMILES string of the molecule is CCCOc1ccccc1C(=O)C(O)C(C)C. The number of hydrogen-bond acceptors (Lipinski definition) is 3. The zero-order valence-corrected chi connectivity index (χ0v) is 10.6. The van der Waals surface area contributed by atoms with E-state index in [0.29, 0.717) is 17.9 Å². The highest BCUT2D eigenvalue weighted by molar-refractivity contribution is 6.01. The van der Waals surface area contributed by atoms with Gasteiger partial charge in [-0.3, -0.25) is 4.79 Å². The number of carbonyl (C=O) groups excluding carboxylic acids is 1. The molecule has 1 atom stereocenters. The number of carbonyl (C=O) groups is 1. The van der Waals surface area contributed by atoms with Gasteiger partial charge < -0.3 is 9.84 Å². The summed E-state index contributed by atoms with van der Waals surface area (Å²) in [6.45, 7) is 6.21. The Morgan fingerprint density at radius 3 is 2.59 bits per heavy atom. The number of ether oxygens (including phenoxy) is 1. The molecule has 17 heavy (non-hydrogen) atoms. The molecule has 0 saturated heterocycles. The van der Waals surface area contributed by atoms with Crippen molar-refractivity contribution >= 4 is 5.78 Å². The molecule has 0 saturated carbocycles. The lowest BCUT2D eigenvalue weighted by Crippen LogP contribution is -2.26. The summed E-state index contributed by atoms with van der Waals surface area (Å²) in [4.78, 5) is 12.0. The predicted octanol–water partition coefficient (Wildman–Crippen LogP) is 2.68. The lowest BCUT2D eigenvalue weighted by molar-refractivity contribution is 0.0644. The minimum absolute atomic E-state index is 0.0956. The number of aliphatic hydroxyl groups is 1. The maximum absolute atomic E-state index is 12.0. The minimum atomic E-state index is -0.971. The van der Waals surface area contributed by atoms with Crippen molar-refractivity contribution in [2.24, 2.45) is 5.92 Å². The summed E-state index contributed by atoms with van der Waals surface area (Å²) in [7, 11) is 0. The van der Waals surface area contributed by atoms with Gasteiger partial charge in [-0.2, -0.15) is 0 Å². The molecule has 1 aromatic rings. The molecule has 0 fully saturated rings. The number of ketones is 1. The van der Waals surface area contributed by atoms with Gasteiger partial charge in [0.25, 0.3) is 0 Å². The molecule has 0 amide bonds. The van der Waals surface area contributed by atoms with Crippen LogP contribution in [0.15, 0.2) is 24.3 Å². The first-order chi connectivity index (χ1) is 8.07. The zero-order chi connectivity index (χ0) is 12.8. The number of benzene rings is 1. The first kappa shape index (κ1) is 13.7. The van der Waals surface area contributed by atoms with Crippen molar-refractivity contribution in [3.05, 3.63) is 29.8 Å². The van der Waals surface area contributed by atoms with Gasteiger partial charge in [0.15, 0.2) is 5.78 Å². The first-order valence-corrected chi connectivity index (χ1v) is 6.02. The third-order valence-corrected chi connectivity index (χ3v) is 2.51. The van der Waals surface area contributed by atoms with Crippen molar-refractivity contribution in [3.63, 3.8) is 0 Å². The Hall–Kier alpha value is -1.35. The van der Waals surface area contributed by atoms with E-state index in [1.807, 2.05) is 26.8 Å². The van der Waals surface area contributed by atoms with Crippen molar-refractivity contribution < 1.29 is 14.6 Å². The van der Waals surface area contributed by atoms with Crippen LogP contribution < -0.4 is 4.74 Å². The van der Waals surface area contributed by atoms with Crippen molar-refractivity contribution in [3.8, 4) is 5.75 Å². The molecule has 0 aliphatic rings. The minimum Gasteiger partial charge on any atom is -0.493 e. The van der Waals surface area contributed by atoms with E-state index in [1.54, 1.807) is 18.2 Å². The molecule has 3 nitrogen and oxygen atoms in total. The summed E-state index contributed by atoms with van der Waals surface area (Å²) in [5.41, 5.74) is 0.460. The molecule has 1 unspecified atom stereocenters. The average molecular weight is 236 g/mol. The van der Waals surface area contributed by atoms with E-state index in [0.717, 1.165) is 6.42 Å². The summed E-state index contributed by atoms with van der Waals surface area (Å²) in [6.07, 6.45) is -0.0868. The number of aliphatic hydroxyl groups excluding tert-OH is 1. The molecule has 0 spiro atoms. The Morgan fingerprint density at radius 1 is 1.35 bits per heavy atom. The predicted molar refractivity (Wildman–Crippen MR) is 67.4 cm³/mol. The van der Waals surface area contributed by atoms with E-state index >= 15 is 0 Å². The van der Waals surface area contributed by atoms with Crippen LogP contribution in [-0.4, -0.2) is 23.6 Å². The molecule has 1 aromatic carbocycles. The van der Waals surface area contributed by atoms with Crippen LogP contribution >= 0.6 is 0 Å². The first-order valence-electron chi connectivity index (χ1n) is 6.02. The third kappa shape index (κ3) is 3.56. The monoisotopic (exact) mass is 236 g/mol. The number of rotatable bonds is 6. The van der Waals surface area contributed by atoms with Gasteiger partial charge in [-0.25, -0.2) is 0 Å². The smallest absolute Gasteiger partial charge is 0.195 e. The van der Waals surface area contributed by atoms with Gasteiger partial charge in [-0.05, 0) is 24.5 Å². The van der Waals surface area contributed by atoms with Crippen molar-refractivity contribution in [1.82, 2.24) is 0 Å². The van der Waals surface area contributed by atoms with Gasteiger partial charge in [0.05, 0.1) is 12.2 Å². The van der Waals surface area contributed by atoms with E-state index in [4.69, 9.17) is 4.74 Å². The molecule has 0 bridgehead atoms. The van der Waals surface area contributed by atoms with Gasteiger partial charge in [0, 0.05) is 0 Å². The van der Waals surface area contributed by atoms with E-state index in [-0.39, 0.29) is 11.7 Å². The Morgan fingerprint density at radius 2 is 2.00 bits per heavy atom. The fourth-order valence-electron chi connectivity index (χ4n) is 1.47. The lowest BCUT2D eigenvalue weighted by Gasteiger charge is -2.15. The summed E-state index contributed by atoms with van der Waals surface area (Å²) in [5.74, 6) is 0.187. The maximum Gasteiger partial charge on any atom is 0.195 e. The molecule has 94 valence electrons. The molecule has 1 rings (SSSR count). The third-order valence-electron chi connectivity index (χ3n) is 2.51. The second-order valence-corrected chi connectivity index (χ2v) is 4.40. The largest absolute Gasteiger partial charge is 0.493 e. The van der Waals surface area contributed by atoms with Crippen LogP contribution in [0.25, 0.3) is 0 Å². The summed E-state index contributed by atoms with van der Waals surface area (Å²) >= 11 is 0. The zero-order valence-electron chi connectivity index (χ0n) is 10.6. The van der Waals surface area contributed by atoms with Crippen molar-refractivity contribution in [2.45, 2.75) is 33.3 Å². The topological polar surface area (TPSA) is 46.5 Å². The van der Waals surface area contributed by atoms with Crippen molar-refractivity contribution in [1.29, 1.82) is 0 Å². The van der Waals surface area contributed by atoms with Gasteiger partial charge >= 0.3 is 0 Å². The van der Waals surface area contributed by atoms with Gasteiger partial charge in [-0.1, -0.05) is 32.9 Å². The Labute approximate surface area is 102 Å². The molecule has 0 heterocycles.